The molecule has 1 N–H and O–H groups in total. The van der Waals surface area contributed by atoms with E-state index in [1.807, 2.05) is 0 Å². The van der Waals surface area contributed by atoms with Gasteiger partial charge in [0.1, 0.15) is 17.7 Å². The van der Waals surface area contributed by atoms with E-state index in [9.17, 15) is 9.18 Å². The molecule has 0 aliphatic heterocycles. The highest BCUT2D eigenvalue weighted by Crippen LogP contribution is 2.35. The molecule has 0 atom stereocenters. The van der Waals surface area contributed by atoms with E-state index in [0.29, 0.717) is 18.5 Å². The normalized spacial score (nSPS) is 17.4. The van der Waals surface area contributed by atoms with Crippen molar-refractivity contribution in [3.05, 3.63) is 36.4 Å². The van der Waals surface area contributed by atoms with Gasteiger partial charge < -0.3 is 5.32 Å². The zero-order chi connectivity index (χ0) is 14.7. The van der Waals surface area contributed by atoms with E-state index >= 15 is 0 Å². The number of rotatable bonds is 3. The zero-order valence-electron chi connectivity index (χ0n) is 11.5. The molecule has 21 heavy (non-hydrogen) atoms. The molecule has 6 nitrogen and oxygen atoms in total. The first-order valence-electron chi connectivity index (χ1n) is 7.01. The van der Waals surface area contributed by atoms with Crippen LogP contribution in [-0.2, 0) is 10.3 Å². The molecule has 0 spiro atoms. The number of hydrogen-bond donors (Lipinski definition) is 1. The maximum absolute atomic E-state index is 12.9. The highest BCUT2D eigenvalue weighted by Gasteiger charge is 2.42. The molecule has 1 heterocycles. The van der Waals surface area contributed by atoms with Gasteiger partial charge in [-0.15, -0.1) is 5.10 Å². The van der Waals surface area contributed by atoms with E-state index < -0.39 is 5.54 Å². The van der Waals surface area contributed by atoms with Crippen molar-refractivity contribution in [1.29, 1.82) is 0 Å². The molecule has 7 heteroatoms. The third-order valence-electron chi connectivity index (χ3n) is 3.99. The Hall–Kier alpha value is -2.31. The monoisotopic (exact) mass is 289 g/mol. The molecule has 1 fully saturated rings. The third-order valence-corrected chi connectivity index (χ3v) is 3.99. The van der Waals surface area contributed by atoms with E-state index in [1.165, 1.54) is 18.5 Å². The van der Waals surface area contributed by atoms with Crippen molar-refractivity contribution < 1.29 is 9.18 Å². The Morgan fingerprint density at radius 1 is 1.19 bits per heavy atom. The maximum Gasteiger partial charge on any atom is 0.252 e. The predicted molar refractivity (Wildman–Crippen MR) is 73.9 cm³/mol. The van der Waals surface area contributed by atoms with E-state index in [-0.39, 0.29) is 11.7 Å². The number of halogens is 1. The second-order valence-electron chi connectivity index (χ2n) is 5.31. The fraction of sp³-hybridized carbons (Fsp3) is 0.429. The summed E-state index contributed by atoms with van der Waals surface area (Å²) in [5, 5.41) is 14.1. The van der Waals surface area contributed by atoms with Gasteiger partial charge in [-0.2, -0.15) is 0 Å². The minimum Gasteiger partial charge on any atom is -0.324 e. The van der Waals surface area contributed by atoms with Crippen LogP contribution in [-0.4, -0.2) is 26.1 Å². The van der Waals surface area contributed by atoms with Gasteiger partial charge in [-0.25, -0.2) is 9.07 Å². The number of amides is 1. The van der Waals surface area contributed by atoms with Gasteiger partial charge in [0.25, 0.3) is 5.91 Å². The topological polar surface area (TPSA) is 72.7 Å². The van der Waals surface area contributed by atoms with Crippen LogP contribution < -0.4 is 5.32 Å². The lowest BCUT2D eigenvalue weighted by atomic mass is 9.81. The first kappa shape index (κ1) is 13.7. The van der Waals surface area contributed by atoms with Crippen LogP contribution in [0.2, 0.25) is 0 Å². The number of nitrogens with one attached hydrogen (secondary N) is 1. The molecule has 1 aromatic carbocycles. The quantitative estimate of drug-likeness (QED) is 0.939. The number of hydrogen-bond acceptors (Lipinski definition) is 4. The standard InChI is InChI=1S/C14H16FN5O/c15-11-4-6-12(7-5-11)17-13(21)14(8-2-1-3-9-14)20-10-16-18-19-20/h4-7,10H,1-3,8-9H2,(H,17,21). The minimum absolute atomic E-state index is 0.152. The molecular weight excluding hydrogens is 273 g/mol. The van der Waals surface area contributed by atoms with Gasteiger partial charge in [0, 0.05) is 5.69 Å². The van der Waals surface area contributed by atoms with Crippen LogP contribution in [0, 0.1) is 5.82 Å². The van der Waals surface area contributed by atoms with Crippen LogP contribution >= 0.6 is 0 Å². The number of benzene rings is 1. The second kappa shape index (κ2) is 5.59. The number of tetrazole rings is 1. The molecule has 1 aliphatic carbocycles. The van der Waals surface area contributed by atoms with Crippen LogP contribution in [0.5, 0.6) is 0 Å². The lowest BCUT2D eigenvalue weighted by Crippen LogP contribution is -2.47. The molecule has 3 rings (SSSR count). The summed E-state index contributed by atoms with van der Waals surface area (Å²) in [6, 6.07) is 5.73. The lowest BCUT2D eigenvalue weighted by molar-refractivity contribution is -0.126. The van der Waals surface area contributed by atoms with Crippen molar-refractivity contribution in [2.75, 3.05) is 5.32 Å². The predicted octanol–water partition coefficient (Wildman–Crippen LogP) is 2.11. The van der Waals surface area contributed by atoms with Crippen LogP contribution in [0.4, 0.5) is 10.1 Å². The Morgan fingerprint density at radius 2 is 1.90 bits per heavy atom. The Bertz CT molecular complexity index is 605. The van der Waals surface area contributed by atoms with Gasteiger partial charge in [0.15, 0.2) is 0 Å². The van der Waals surface area contributed by atoms with Crippen LogP contribution in [0.25, 0.3) is 0 Å². The summed E-state index contributed by atoms with van der Waals surface area (Å²) in [7, 11) is 0. The maximum atomic E-state index is 12.9. The molecule has 1 amide bonds. The Kier molecular flexibility index (Phi) is 3.64. The molecule has 1 saturated carbocycles. The smallest absolute Gasteiger partial charge is 0.252 e. The van der Waals surface area contributed by atoms with Gasteiger partial charge in [-0.1, -0.05) is 19.3 Å². The van der Waals surface area contributed by atoms with Crippen molar-refractivity contribution in [3.8, 4) is 0 Å². The molecule has 1 aromatic heterocycles. The van der Waals surface area contributed by atoms with Gasteiger partial charge >= 0.3 is 0 Å². The number of carbonyl (C=O) groups excluding carboxylic acids is 1. The molecule has 0 bridgehead atoms. The summed E-state index contributed by atoms with van der Waals surface area (Å²) in [4.78, 5) is 12.8. The fourth-order valence-corrected chi connectivity index (χ4v) is 2.83. The highest BCUT2D eigenvalue weighted by atomic mass is 19.1. The summed E-state index contributed by atoms with van der Waals surface area (Å²) in [6.45, 7) is 0. The average molecular weight is 289 g/mol. The Morgan fingerprint density at radius 3 is 2.52 bits per heavy atom. The van der Waals surface area contributed by atoms with Gasteiger partial charge in [0.2, 0.25) is 0 Å². The van der Waals surface area contributed by atoms with Gasteiger partial charge in [0.05, 0.1) is 0 Å². The lowest BCUT2D eigenvalue weighted by Gasteiger charge is -2.35. The van der Waals surface area contributed by atoms with Crippen molar-refractivity contribution in [3.63, 3.8) is 0 Å². The summed E-state index contributed by atoms with van der Waals surface area (Å²) < 4.78 is 14.5. The summed E-state index contributed by atoms with van der Waals surface area (Å²) in [5.41, 5.74) is -0.185. The molecule has 0 radical (unpaired) electrons. The average Bonchev–Trinajstić information content (AvgIpc) is 3.05. The molecule has 0 saturated heterocycles. The molecule has 0 unspecified atom stereocenters. The summed E-state index contributed by atoms with van der Waals surface area (Å²) >= 11 is 0. The molecular formula is C14H16FN5O. The zero-order valence-corrected chi connectivity index (χ0v) is 11.5. The fourth-order valence-electron chi connectivity index (χ4n) is 2.83. The van der Waals surface area contributed by atoms with Crippen LogP contribution in [0.3, 0.4) is 0 Å². The SMILES string of the molecule is O=C(Nc1ccc(F)cc1)C1(n2cnnn2)CCCCC1. The first-order chi connectivity index (χ1) is 10.2. The number of nitrogens with zero attached hydrogens (tertiary/aromatic N) is 4. The molecule has 110 valence electrons. The number of anilines is 1. The van der Waals surface area contributed by atoms with Gasteiger partial charge in [-0.05, 0) is 47.5 Å². The molecule has 1 aliphatic rings. The number of aromatic nitrogens is 4. The summed E-state index contributed by atoms with van der Waals surface area (Å²) in [6.07, 6.45) is 5.90. The largest absolute Gasteiger partial charge is 0.324 e. The summed E-state index contributed by atoms with van der Waals surface area (Å²) in [5.74, 6) is -0.484. The third kappa shape index (κ3) is 2.63. The van der Waals surface area contributed by atoms with Crippen molar-refractivity contribution in [1.82, 2.24) is 20.2 Å². The van der Waals surface area contributed by atoms with E-state index in [0.717, 1.165) is 19.3 Å². The Balaban J connectivity index is 1.86. The minimum atomic E-state index is -0.754. The van der Waals surface area contributed by atoms with Crippen molar-refractivity contribution >= 4 is 11.6 Å². The number of carbonyl (C=O) groups is 1. The van der Waals surface area contributed by atoms with E-state index in [4.69, 9.17) is 0 Å². The van der Waals surface area contributed by atoms with Crippen molar-refractivity contribution in [2.24, 2.45) is 0 Å². The molecule has 2 aromatic rings. The highest BCUT2D eigenvalue weighted by molar-refractivity contribution is 5.96. The van der Waals surface area contributed by atoms with Crippen molar-refractivity contribution in [2.45, 2.75) is 37.6 Å². The van der Waals surface area contributed by atoms with E-state index in [2.05, 4.69) is 20.8 Å². The van der Waals surface area contributed by atoms with Crippen LogP contribution in [0.15, 0.2) is 30.6 Å². The second-order valence-corrected chi connectivity index (χ2v) is 5.31. The van der Waals surface area contributed by atoms with E-state index in [1.54, 1.807) is 16.8 Å². The van der Waals surface area contributed by atoms with Crippen LogP contribution in [0.1, 0.15) is 32.1 Å². The van der Waals surface area contributed by atoms with Gasteiger partial charge in [-0.3, -0.25) is 4.79 Å². The Labute approximate surface area is 121 Å². The first-order valence-corrected chi connectivity index (χ1v) is 7.01.